The number of anilines is 1. The highest BCUT2D eigenvalue weighted by Gasteiger charge is 2.29. The molecule has 26 heavy (non-hydrogen) atoms. The Kier molecular flexibility index (Phi) is 5.23. The molecule has 0 aliphatic rings. The average Bonchev–Trinajstić information content (AvgIpc) is 3.21. The van der Waals surface area contributed by atoms with Crippen LogP contribution in [0.15, 0.2) is 35.8 Å². The highest BCUT2D eigenvalue weighted by molar-refractivity contribution is 7.17. The summed E-state index contributed by atoms with van der Waals surface area (Å²) >= 11 is 2.80. The highest BCUT2D eigenvalue weighted by atomic mass is 32.1. The molecule has 0 unspecified atom stereocenters. The molecule has 0 spiro atoms. The minimum Gasteiger partial charge on any atom is -0.467 e. The van der Waals surface area contributed by atoms with Crippen molar-refractivity contribution in [2.24, 2.45) is 0 Å². The second-order valence-electron chi connectivity index (χ2n) is 5.16. The number of halogens is 3. The summed E-state index contributed by atoms with van der Waals surface area (Å²) < 4.78 is 41.6. The molecule has 1 N–H and O–H groups in total. The molecule has 0 atom stereocenters. The molecule has 0 aliphatic carbocycles. The number of thiophene rings is 1. The lowest BCUT2D eigenvalue weighted by atomic mass is 10.2. The molecule has 1 amide bonds. The third-order valence-corrected chi connectivity index (χ3v) is 4.89. The number of thiazole rings is 1. The van der Waals surface area contributed by atoms with Crippen LogP contribution in [0.1, 0.15) is 15.2 Å². The van der Waals surface area contributed by atoms with E-state index in [0.29, 0.717) is 5.13 Å². The zero-order valence-corrected chi connectivity index (χ0v) is 15.0. The zero-order valence-electron chi connectivity index (χ0n) is 13.3. The number of hydrogen-bond donors (Lipinski definition) is 1. The summed E-state index contributed by atoms with van der Waals surface area (Å²) in [7, 11) is 0. The average molecular weight is 399 g/mol. The van der Waals surface area contributed by atoms with Crippen molar-refractivity contribution in [1.82, 2.24) is 9.97 Å². The fourth-order valence-corrected chi connectivity index (χ4v) is 3.62. The Balaban J connectivity index is 1.73. The third kappa shape index (κ3) is 4.58. The van der Waals surface area contributed by atoms with Gasteiger partial charge in [-0.25, -0.2) is 9.97 Å². The second-order valence-corrected chi connectivity index (χ2v) is 7.31. The van der Waals surface area contributed by atoms with E-state index < -0.39 is 18.7 Å². The molecule has 3 aromatic rings. The van der Waals surface area contributed by atoms with Crippen LogP contribution in [0.3, 0.4) is 0 Å². The fourth-order valence-electron chi connectivity index (χ4n) is 2.01. The van der Waals surface area contributed by atoms with Gasteiger partial charge in [0.1, 0.15) is 5.56 Å². The van der Waals surface area contributed by atoms with Crippen molar-refractivity contribution < 1.29 is 22.7 Å². The fraction of sp³-hybridized carbons (Fsp3) is 0.188. The number of carbonyl (C=O) groups is 1. The third-order valence-electron chi connectivity index (χ3n) is 3.11. The van der Waals surface area contributed by atoms with Crippen LogP contribution in [-0.2, 0) is 0 Å². The molecule has 3 aromatic heterocycles. The van der Waals surface area contributed by atoms with Crippen molar-refractivity contribution in [3.05, 3.63) is 46.3 Å². The number of nitrogens with one attached hydrogen (secondary N) is 1. The number of carbonyl (C=O) groups excluding carboxylic acids is 1. The Morgan fingerprint density at radius 3 is 2.81 bits per heavy atom. The molecule has 10 heteroatoms. The monoisotopic (exact) mass is 399 g/mol. The Morgan fingerprint density at radius 2 is 2.12 bits per heavy atom. The molecule has 3 rings (SSSR count). The van der Waals surface area contributed by atoms with E-state index in [1.807, 2.05) is 19.1 Å². The number of nitrogens with zero attached hydrogens (tertiary/aromatic N) is 2. The number of aryl methyl sites for hydroxylation is 1. The maximum absolute atomic E-state index is 12.4. The van der Waals surface area contributed by atoms with Crippen LogP contribution in [0.5, 0.6) is 5.88 Å². The first-order valence-electron chi connectivity index (χ1n) is 7.30. The van der Waals surface area contributed by atoms with E-state index in [-0.39, 0.29) is 11.4 Å². The first-order valence-corrected chi connectivity index (χ1v) is 9.00. The molecule has 3 heterocycles. The van der Waals surface area contributed by atoms with Gasteiger partial charge >= 0.3 is 6.18 Å². The van der Waals surface area contributed by atoms with Gasteiger partial charge in [-0.3, -0.25) is 10.1 Å². The van der Waals surface area contributed by atoms with Gasteiger partial charge in [-0.05, 0) is 31.2 Å². The molecule has 0 bridgehead atoms. The van der Waals surface area contributed by atoms with E-state index in [2.05, 4.69) is 20.0 Å². The van der Waals surface area contributed by atoms with Crippen LogP contribution in [0.25, 0.3) is 10.6 Å². The lowest BCUT2D eigenvalue weighted by Gasteiger charge is -2.11. The minimum atomic E-state index is -4.52. The molecule has 0 saturated heterocycles. The Labute approximate surface area is 154 Å². The van der Waals surface area contributed by atoms with Gasteiger partial charge in [-0.2, -0.15) is 13.2 Å². The number of amides is 1. The molecule has 136 valence electrons. The maximum atomic E-state index is 12.4. The number of hydrogen-bond acceptors (Lipinski definition) is 6. The maximum Gasteiger partial charge on any atom is 0.422 e. The summed E-state index contributed by atoms with van der Waals surface area (Å²) in [6.07, 6.45) is -3.27. The van der Waals surface area contributed by atoms with Crippen molar-refractivity contribution >= 4 is 33.7 Å². The summed E-state index contributed by atoms with van der Waals surface area (Å²) in [5, 5.41) is 4.70. The summed E-state index contributed by atoms with van der Waals surface area (Å²) in [6.45, 7) is 0.456. The smallest absolute Gasteiger partial charge is 0.422 e. The summed E-state index contributed by atoms with van der Waals surface area (Å²) in [5.74, 6) is -1.02. The normalized spacial score (nSPS) is 11.4. The second kappa shape index (κ2) is 7.42. The minimum absolute atomic E-state index is 0.0968. The van der Waals surface area contributed by atoms with Crippen LogP contribution in [0, 0.1) is 6.92 Å². The van der Waals surface area contributed by atoms with Gasteiger partial charge in [0.25, 0.3) is 5.91 Å². The van der Waals surface area contributed by atoms with Gasteiger partial charge in [0, 0.05) is 16.5 Å². The SMILES string of the molecule is Cc1ccc(-c2csc(NC(=O)c3cccnc3OCC(F)(F)F)n2)s1. The summed E-state index contributed by atoms with van der Waals surface area (Å²) in [4.78, 5) is 22.5. The molecule has 0 aromatic carbocycles. The van der Waals surface area contributed by atoms with Gasteiger partial charge in [-0.1, -0.05) is 0 Å². The summed E-state index contributed by atoms with van der Waals surface area (Å²) in [5.41, 5.74) is 0.628. The number of rotatable bonds is 5. The van der Waals surface area contributed by atoms with E-state index in [9.17, 15) is 18.0 Å². The predicted molar refractivity (Wildman–Crippen MR) is 93.9 cm³/mol. The van der Waals surface area contributed by atoms with Gasteiger partial charge in [-0.15, -0.1) is 22.7 Å². The van der Waals surface area contributed by atoms with Crippen molar-refractivity contribution in [2.45, 2.75) is 13.1 Å². The van der Waals surface area contributed by atoms with Gasteiger partial charge in [0.15, 0.2) is 11.7 Å². The van der Waals surface area contributed by atoms with Crippen LogP contribution >= 0.6 is 22.7 Å². The van der Waals surface area contributed by atoms with E-state index in [0.717, 1.165) is 15.4 Å². The number of pyridine rings is 1. The van der Waals surface area contributed by atoms with Crippen molar-refractivity contribution in [1.29, 1.82) is 0 Å². The van der Waals surface area contributed by atoms with Gasteiger partial charge in [0.05, 0.1) is 10.6 Å². The van der Waals surface area contributed by atoms with E-state index in [1.54, 1.807) is 16.7 Å². The van der Waals surface area contributed by atoms with E-state index in [1.165, 1.54) is 29.7 Å². The largest absolute Gasteiger partial charge is 0.467 e. The molecular formula is C16H12F3N3O2S2. The van der Waals surface area contributed by atoms with Gasteiger partial charge < -0.3 is 4.74 Å². The zero-order chi connectivity index (χ0) is 18.7. The van der Waals surface area contributed by atoms with Crippen LogP contribution in [0.4, 0.5) is 18.3 Å². The van der Waals surface area contributed by atoms with Crippen LogP contribution in [0.2, 0.25) is 0 Å². The standard InChI is InChI=1S/C16H12F3N3O2S2/c1-9-4-5-12(26-9)11-7-25-15(21-11)22-13(23)10-3-2-6-20-14(10)24-8-16(17,18)19/h2-7H,8H2,1H3,(H,21,22,23). The van der Waals surface area contributed by atoms with Crippen LogP contribution < -0.4 is 10.1 Å². The van der Waals surface area contributed by atoms with Crippen molar-refractivity contribution in [2.75, 3.05) is 11.9 Å². The predicted octanol–water partition coefficient (Wildman–Crippen LogP) is 4.77. The van der Waals surface area contributed by atoms with Crippen molar-refractivity contribution in [3.63, 3.8) is 0 Å². The van der Waals surface area contributed by atoms with Gasteiger partial charge in [0.2, 0.25) is 5.88 Å². The molecule has 5 nitrogen and oxygen atoms in total. The summed E-state index contributed by atoms with van der Waals surface area (Å²) in [6, 6.07) is 6.69. The first kappa shape index (κ1) is 18.3. The topological polar surface area (TPSA) is 64.1 Å². The van der Waals surface area contributed by atoms with E-state index >= 15 is 0 Å². The molecule has 0 aliphatic heterocycles. The number of ether oxygens (including phenoxy) is 1. The molecule has 0 fully saturated rings. The van der Waals surface area contributed by atoms with E-state index in [4.69, 9.17) is 0 Å². The number of aromatic nitrogens is 2. The Hall–Kier alpha value is -2.46. The molecular weight excluding hydrogens is 387 g/mol. The van der Waals surface area contributed by atoms with Crippen molar-refractivity contribution in [3.8, 4) is 16.5 Å². The first-order chi connectivity index (χ1) is 12.3. The number of alkyl halides is 3. The lowest BCUT2D eigenvalue weighted by molar-refractivity contribution is -0.154. The quantitative estimate of drug-likeness (QED) is 0.671. The highest BCUT2D eigenvalue weighted by Crippen LogP contribution is 2.30. The Bertz CT molecular complexity index is 921. The molecule has 0 saturated carbocycles. The Morgan fingerprint density at radius 1 is 1.31 bits per heavy atom. The molecule has 0 radical (unpaired) electrons. The lowest BCUT2D eigenvalue weighted by Crippen LogP contribution is -2.21. The van der Waals surface area contributed by atoms with Crippen LogP contribution in [-0.4, -0.2) is 28.7 Å².